The summed E-state index contributed by atoms with van der Waals surface area (Å²) in [5.41, 5.74) is 0.914. The molecule has 3 rings (SSSR count). The lowest BCUT2D eigenvalue weighted by Crippen LogP contribution is -2.19. The summed E-state index contributed by atoms with van der Waals surface area (Å²) in [6.45, 7) is 2.16. The first-order valence-corrected chi connectivity index (χ1v) is 8.97. The maximum Gasteiger partial charge on any atom is 0.343 e. The molecule has 0 radical (unpaired) electrons. The first-order valence-electron chi connectivity index (χ1n) is 8.97. The maximum atomic E-state index is 12.4. The van der Waals surface area contributed by atoms with Gasteiger partial charge in [-0.25, -0.2) is 9.48 Å². The van der Waals surface area contributed by atoms with Gasteiger partial charge in [0.15, 0.2) is 5.82 Å². The SMILES string of the molecule is CCOC(=O)c1cnn(-c2ccccc2)c1NC(=O)CCOc1ccccc1. The number of anilines is 1. The maximum absolute atomic E-state index is 12.4. The van der Waals surface area contributed by atoms with Crippen molar-refractivity contribution in [2.45, 2.75) is 13.3 Å². The van der Waals surface area contributed by atoms with E-state index in [0.717, 1.165) is 0 Å². The van der Waals surface area contributed by atoms with Crippen molar-refractivity contribution < 1.29 is 19.1 Å². The van der Waals surface area contributed by atoms with Crippen LogP contribution in [0.15, 0.2) is 66.9 Å². The van der Waals surface area contributed by atoms with Crippen molar-refractivity contribution in [1.29, 1.82) is 0 Å². The van der Waals surface area contributed by atoms with Crippen molar-refractivity contribution in [1.82, 2.24) is 9.78 Å². The van der Waals surface area contributed by atoms with Gasteiger partial charge in [0.2, 0.25) is 5.91 Å². The highest BCUT2D eigenvalue weighted by molar-refractivity contribution is 6.00. The van der Waals surface area contributed by atoms with Crippen molar-refractivity contribution in [3.63, 3.8) is 0 Å². The average molecular weight is 379 g/mol. The van der Waals surface area contributed by atoms with E-state index in [2.05, 4.69) is 10.4 Å². The number of para-hydroxylation sites is 2. The van der Waals surface area contributed by atoms with E-state index in [0.29, 0.717) is 11.4 Å². The van der Waals surface area contributed by atoms with Crippen molar-refractivity contribution >= 4 is 17.7 Å². The Morgan fingerprint density at radius 2 is 1.71 bits per heavy atom. The molecule has 0 aliphatic carbocycles. The Hall–Kier alpha value is -3.61. The third-order valence-electron chi connectivity index (χ3n) is 3.86. The van der Waals surface area contributed by atoms with Crippen LogP contribution in [0.1, 0.15) is 23.7 Å². The van der Waals surface area contributed by atoms with E-state index >= 15 is 0 Å². The Kier molecular flexibility index (Phi) is 6.41. The van der Waals surface area contributed by atoms with Gasteiger partial charge in [0.1, 0.15) is 11.3 Å². The van der Waals surface area contributed by atoms with Crippen LogP contribution in [0.2, 0.25) is 0 Å². The van der Waals surface area contributed by atoms with Gasteiger partial charge < -0.3 is 14.8 Å². The molecule has 1 aromatic heterocycles. The van der Waals surface area contributed by atoms with E-state index in [1.807, 2.05) is 60.7 Å². The van der Waals surface area contributed by atoms with Gasteiger partial charge in [-0.15, -0.1) is 0 Å². The Balaban J connectivity index is 1.74. The number of esters is 1. The normalized spacial score (nSPS) is 10.3. The van der Waals surface area contributed by atoms with Gasteiger partial charge >= 0.3 is 5.97 Å². The molecule has 1 amide bonds. The molecule has 7 heteroatoms. The summed E-state index contributed by atoms with van der Waals surface area (Å²) < 4.78 is 12.1. The zero-order valence-electron chi connectivity index (χ0n) is 15.5. The molecule has 0 fully saturated rings. The molecule has 0 saturated heterocycles. The summed E-state index contributed by atoms with van der Waals surface area (Å²) in [5, 5.41) is 7.00. The number of ether oxygens (including phenoxy) is 2. The number of nitrogens with one attached hydrogen (secondary N) is 1. The number of hydrogen-bond acceptors (Lipinski definition) is 5. The Morgan fingerprint density at radius 1 is 1.04 bits per heavy atom. The fraction of sp³-hybridized carbons (Fsp3) is 0.190. The molecule has 3 aromatic rings. The second-order valence-electron chi connectivity index (χ2n) is 5.83. The molecule has 28 heavy (non-hydrogen) atoms. The smallest absolute Gasteiger partial charge is 0.343 e. The van der Waals surface area contributed by atoms with E-state index in [4.69, 9.17) is 9.47 Å². The highest BCUT2D eigenvalue weighted by Crippen LogP contribution is 2.21. The van der Waals surface area contributed by atoms with Crippen LogP contribution in [0, 0.1) is 0 Å². The molecule has 0 unspecified atom stereocenters. The standard InChI is InChI=1S/C21H21N3O4/c1-2-27-21(26)18-15-22-24(16-9-5-3-6-10-16)20(18)23-19(25)13-14-28-17-11-7-4-8-12-17/h3-12,15H,2,13-14H2,1H3,(H,23,25). The molecule has 0 atom stereocenters. The van der Waals surface area contributed by atoms with Gasteiger partial charge in [-0.2, -0.15) is 5.10 Å². The summed E-state index contributed by atoms with van der Waals surface area (Å²) in [7, 11) is 0. The number of carbonyl (C=O) groups is 2. The number of benzene rings is 2. The zero-order valence-corrected chi connectivity index (χ0v) is 15.5. The Bertz CT molecular complexity index is 923. The van der Waals surface area contributed by atoms with Crippen LogP contribution in [0.25, 0.3) is 5.69 Å². The van der Waals surface area contributed by atoms with Crippen LogP contribution >= 0.6 is 0 Å². The van der Waals surface area contributed by atoms with Crippen LogP contribution in [-0.4, -0.2) is 34.9 Å². The van der Waals surface area contributed by atoms with Gasteiger partial charge in [0, 0.05) is 0 Å². The topological polar surface area (TPSA) is 82.5 Å². The van der Waals surface area contributed by atoms with E-state index in [9.17, 15) is 9.59 Å². The van der Waals surface area contributed by atoms with E-state index < -0.39 is 5.97 Å². The lowest BCUT2D eigenvalue weighted by molar-refractivity contribution is -0.116. The van der Waals surface area contributed by atoms with Gasteiger partial charge in [-0.05, 0) is 31.2 Å². The predicted octanol–water partition coefficient (Wildman–Crippen LogP) is 3.46. The fourth-order valence-corrected chi connectivity index (χ4v) is 2.56. The minimum absolute atomic E-state index is 0.122. The molecule has 0 aliphatic rings. The van der Waals surface area contributed by atoms with Crippen molar-refractivity contribution in [3.05, 3.63) is 72.4 Å². The molecule has 144 valence electrons. The van der Waals surface area contributed by atoms with Crippen molar-refractivity contribution in [2.24, 2.45) is 0 Å². The molecule has 0 saturated carbocycles. The Morgan fingerprint density at radius 3 is 2.39 bits per heavy atom. The van der Waals surface area contributed by atoms with Gasteiger partial charge in [0.25, 0.3) is 0 Å². The number of rotatable bonds is 8. The first-order chi connectivity index (χ1) is 13.7. The predicted molar refractivity (Wildman–Crippen MR) is 105 cm³/mol. The number of carbonyl (C=O) groups excluding carboxylic acids is 2. The number of hydrogen-bond donors (Lipinski definition) is 1. The lowest BCUT2D eigenvalue weighted by atomic mass is 10.3. The van der Waals surface area contributed by atoms with Crippen molar-refractivity contribution in [3.8, 4) is 11.4 Å². The van der Waals surface area contributed by atoms with E-state index in [-0.39, 0.29) is 36.9 Å². The van der Waals surface area contributed by atoms with Gasteiger partial charge in [-0.1, -0.05) is 36.4 Å². The fourth-order valence-electron chi connectivity index (χ4n) is 2.56. The monoisotopic (exact) mass is 379 g/mol. The lowest BCUT2D eigenvalue weighted by Gasteiger charge is -2.11. The van der Waals surface area contributed by atoms with Crippen LogP contribution in [0.4, 0.5) is 5.82 Å². The van der Waals surface area contributed by atoms with Crippen LogP contribution in [0.5, 0.6) is 5.75 Å². The molecular formula is C21H21N3O4. The average Bonchev–Trinajstić information content (AvgIpc) is 3.13. The van der Waals surface area contributed by atoms with Crippen molar-refractivity contribution in [2.75, 3.05) is 18.5 Å². The third-order valence-corrected chi connectivity index (χ3v) is 3.86. The second-order valence-corrected chi connectivity index (χ2v) is 5.83. The summed E-state index contributed by atoms with van der Waals surface area (Å²) in [6, 6.07) is 18.5. The third kappa shape index (κ3) is 4.76. The molecule has 1 heterocycles. The van der Waals surface area contributed by atoms with Gasteiger partial charge in [0.05, 0.1) is 31.5 Å². The molecular weight excluding hydrogens is 358 g/mol. The highest BCUT2D eigenvalue weighted by atomic mass is 16.5. The molecule has 0 bridgehead atoms. The summed E-state index contributed by atoms with van der Waals surface area (Å²) >= 11 is 0. The first kappa shape index (κ1) is 19.2. The molecule has 7 nitrogen and oxygen atoms in total. The number of nitrogens with zero attached hydrogens (tertiary/aromatic N) is 2. The summed E-state index contributed by atoms with van der Waals surface area (Å²) in [6.07, 6.45) is 1.51. The molecule has 2 aromatic carbocycles. The number of amides is 1. The molecule has 0 aliphatic heterocycles. The Labute approximate surface area is 162 Å². The van der Waals surface area contributed by atoms with E-state index in [1.165, 1.54) is 10.9 Å². The zero-order chi connectivity index (χ0) is 19.8. The minimum atomic E-state index is -0.541. The number of aromatic nitrogens is 2. The van der Waals surface area contributed by atoms with Crippen LogP contribution < -0.4 is 10.1 Å². The summed E-state index contributed by atoms with van der Waals surface area (Å²) in [4.78, 5) is 24.7. The molecule has 0 spiro atoms. The van der Waals surface area contributed by atoms with Gasteiger partial charge in [-0.3, -0.25) is 4.79 Å². The van der Waals surface area contributed by atoms with Crippen LogP contribution in [-0.2, 0) is 9.53 Å². The van der Waals surface area contributed by atoms with E-state index in [1.54, 1.807) is 6.92 Å². The van der Waals surface area contributed by atoms with Crippen LogP contribution in [0.3, 0.4) is 0 Å². The minimum Gasteiger partial charge on any atom is -0.493 e. The molecule has 1 N–H and O–H groups in total. The largest absolute Gasteiger partial charge is 0.493 e. The highest BCUT2D eigenvalue weighted by Gasteiger charge is 2.21. The summed E-state index contributed by atoms with van der Waals surface area (Å²) in [5.74, 6) is 0.130. The second kappa shape index (κ2) is 9.36. The quantitative estimate of drug-likeness (QED) is 0.606.